The van der Waals surface area contributed by atoms with Gasteiger partial charge in [0, 0.05) is 6.04 Å². The van der Waals surface area contributed by atoms with Crippen LogP contribution in [0.1, 0.15) is 48.2 Å². The van der Waals surface area contributed by atoms with Crippen molar-refractivity contribution >= 4 is 33.2 Å². The minimum absolute atomic E-state index is 0.0232. The maximum absolute atomic E-state index is 11.9. The van der Waals surface area contributed by atoms with Gasteiger partial charge in [0.15, 0.2) is 3.92 Å². The predicted molar refractivity (Wildman–Crippen MR) is 68.8 cm³/mol. The standard InChI is InChI=1S/C11H15BrN2OS/c12-11-13-7-9(16-11)10(15)14-8-5-3-1-2-4-6-8/h7-8H,1-6H2,(H,14,15). The number of carbonyl (C=O) groups excluding carboxylic acids is 1. The fourth-order valence-electron chi connectivity index (χ4n) is 2.04. The van der Waals surface area contributed by atoms with Gasteiger partial charge in [-0.15, -0.1) is 11.3 Å². The van der Waals surface area contributed by atoms with Gasteiger partial charge in [-0.25, -0.2) is 4.98 Å². The minimum Gasteiger partial charge on any atom is -0.349 e. The Bertz CT molecular complexity index is 359. The Morgan fingerprint density at radius 1 is 1.38 bits per heavy atom. The van der Waals surface area contributed by atoms with Crippen molar-refractivity contribution in [1.29, 1.82) is 0 Å². The van der Waals surface area contributed by atoms with Crippen molar-refractivity contribution < 1.29 is 4.79 Å². The van der Waals surface area contributed by atoms with Crippen LogP contribution in [0.15, 0.2) is 10.1 Å². The third-order valence-electron chi connectivity index (χ3n) is 2.89. The van der Waals surface area contributed by atoms with E-state index in [0.717, 1.165) is 16.8 Å². The second-order valence-corrected chi connectivity index (χ2v) is 6.45. The van der Waals surface area contributed by atoms with Crippen molar-refractivity contribution in [1.82, 2.24) is 10.3 Å². The number of halogens is 1. The quantitative estimate of drug-likeness (QED) is 0.851. The smallest absolute Gasteiger partial charge is 0.263 e. The number of carbonyl (C=O) groups is 1. The zero-order valence-electron chi connectivity index (χ0n) is 9.04. The first-order valence-electron chi connectivity index (χ1n) is 5.68. The maximum atomic E-state index is 11.9. The molecular formula is C11H15BrN2OS. The highest BCUT2D eigenvalue weighted by Gasteiger charge is 2.16. The Kier molecular flexibility index (Phi) is 4.35. The van der Waals surface area contributed by atoms with Crippen LogP contribution in [0, 0.1) is 0 Å². The zero-order valence-corrected chi connectivity index (χ0v) is 11.4. The predicted octanol–water partition coefficient (Wildman–Crippen LogP) is 3.36. The van der Waals surface area contributed by atoms with Crippen LogP contribution in [0.2, 0.25) is 0 Å². The summed E-state index contributed by atoms with van der Waals surface area (Å²) < 4.78 is 0.763. The summed E-state index contributed by atoms with van der Waals surface area (Å²) >= 11 is 4.65. The van der Waals surface area contributed by atoms with Gasteiger partial charge in [-0.1, -0.05) is 25.7 Å². The van der Waals surface area contributed by atoms with Gasteiger partial charge >= 0.3 is 0 Å². The second-order valence-electron chi connectivity index (χ2n) is 4.14. The van der Waals surface area contributed by atoms with E-state index in [1.807, 2.05) is 0 Å². The lowest BCUT2D eigenvalue weighted by Gasteiger charge is -2.15. The van der Waals surface area contributed by atoms with E-state index < -0.39 is 0 Å². The number of amides is 1. The summed E-state index contributed by atoms with van der Waals surface area (Å²) in [5.41, 5.74) is 0. The van der Waals surface area contributed by atoms with Gasteiger partial charge in [0.25, 0.3) is 5.91 Å². The molecule has 1 amide bonds. The Hall–Kier alpha value is -0.420. The number of rotatable bonds is 2. The molecule has 1 fully saturated rings. The Labute approximate surface area is 108 Å². The molecule has 1 N–H and O–H groups in total. The molecule has 2 rings (SSSR count). The lowest BCUT2D eigenvalue weighted by molar-refractivity contribution is 0.0937. The highest BCUT2D eigenvalue weighted by atomic mass is 79.9. The molecule has 1 aromatic rings. The second kappa shape index (κ2) is 5.77. The van der Waals surface area contributed by atoms with Crippen LogP contribution < -0.4 is 5.32 Å². The van der Waals surface area contributed by atoms with Gasteiger partial charge < -0.3 is 5.32 Å². The molecule has 0 unspecified atom stereocenters. The van der Waals surface area contributed by atoms with Crippen LogP contribution in [-0.2, 0) is 0 Å². The molecule has 0 spiro atoms. The number of hydrogen-bond acceptors (Lipinski definition) is 3. The topological polar surface area (TPSA) is 42.0 Å². The molecule has 1 aliphatic carbocycles. The monoisotopic (exact) mass is 302 g/mol. The summed E-state index contributed by atoms with van der Waals surface area (Å²) in [6.07, 6.45) is 8.93. The fraction of sp³-hybridized carbons (Fsp3) is 0.636. The van der Waals surface area contributed by atoms with Gasteiger partial charge in [-0.05, 0) is 28.8 Å². The molecule has 0 saturated heterocycles. The van der Waals surface area contributed by atoms with Crippen molar-refractivity contribution in [3.63, 3.8) is 0 Å². The van der Waals surface area contributed by atoms with Crippen LogP contribution in [0.3, 0.4) is 0 Å². The first-order chi connectivity index (χ1) is 7.75. The molecule has 1 saturated carbocycles. The molecule has 0 atom stereocenters. The first kappa shape index (κ1) is 12.0. The number of aromatic nitrogens is 1. The summed E-state index contributed by atoms with van der Waals surface area (Å²) in [4.78, 5) is 16.6. The Balaban J connectivity index is 1.90. The van der Waals surface area contributed by atoms with E-state index in [1.165, 1.54) is 37.0 Å². The lowest BCUT2D eigenvalue weighted by atomic mass is 10.1. The summed E-state index contributed by atoms with van der Waals surface area (Å²) in [6.45, 7) is 0. The van der Waals surface area contributed by atoms with E-state index in [2.05, 4.69) is 26.2 Å². The van der Waals surface area contributed by atoms with Crippen LogP contribution >= 0.6 is 27.3 Å². The molecule has 1 heterocycles. The Morgan fingerprint density at radius 3 is 2.62 bits per heavy atom. The van der Waals surface area contributed by atoms with Crippen LogP contribution in [0.4, 0.5) is 0 Å². The van der Waals surface area contributed by atoms with Crippen molar-refractivity contribution in [2.75, 3.05) is 0 Å². The highest BCUT2D eigenvalue weighted by molar-refractivity contribution is 9.11. The third-order valence-corrected chi connectivity index (χ3v) is 4.37. The van der Waals surface area contributed by atoms with Crippen LogP contribution in [-0.4, -0.2) is 16.9 Å². The molecule has 1 aliphatic rings. The molecule has 1 aromatic heterocycles. The van der Waals surface area contributed by atoms with Gasteiger partial charge in [0.05, 0.1) is 6.20 Å². The molecule has 88 valence electrons. The summed E-state index contributed by atoms with van der Waals surface area (Å²) in [7, 11) is 0. The van der Waals surface area contributed by atoms with E-state index in [1.54, 1.807) is 6.20 Å². The largest absolute Gasteiger partial charge is 0.349 e. The van der Waals surface area contributed by atoms with Gasteiger partial charge in [-0.3, -0.25) is 4.79 Å². The molecule has 0 radical (unpaired) electrons. The van der Waals surface area contributed by atoms with Gasteiger partial charge in [-0.2, -0.15) is 0 Å². The lowest BCUT2D eigenvalue weighted by Crippen LogP contribution is -2.33. The molecular weight excluding hydrogens is 288 g/mol. The minimum atomic E-state index is 0.0232. The SMILES string of the molecule is O=C(NC1CCCCCC1)c1cnc(Br)s1. The molecule has 5 heteroatoms. The third kappa shape index (κ3) is 3.28. The summed E-state index contributed by atoms with van der Waals surface area (Å²) in [5.74, 6) is 0.0232. The van der Waals surface area contributed by atoms with E-state index in [4.69, 9.17) is 0 Å². The summed E-state index contributed by atoms with van der Waals surface area (Å²) in [6, 6.07) is 0.357. The van der Waals surface area contributed by atoms with Gasteiger partial charge in [0.1, 0.15) is 4.88 Å². The highest BCUT2D eigenvalue weighted by Crippen LogP contribution is 2.20. The van der Waals surface area contributed by atoms with Crippen molar-refractivity contribution in [2.24, 2.45) is 0 Å². The fourth-order valence-corrected chi connectivity index (χ4v) is 3.21. The average molecular weight is 303 g/mol. The van der Waals surface area contributed by atoms with Crippen molar-refractivity contribution in [3.8, 4) is 0 Å². The molecule has 3 nitrogen and oxygen atoms in total. The average Bonchev–Trinajstić information content (AvgIpc) is 2.54. The number of hydrogen-bond donors (Lipinski definition) is 1. The number of nitrogens with zero attached hydrogens (tertiary/aromatic N) is 1. The van der Waals surface area contributed by atoms with E-state index >= 15 is 0 Å². The van der Waals surface area contributed by atoms with Crippen LogP contribution in [0.5, 0.6) is 0 Å². The van der Waals surface area contributed by atoms with E-state index in [-0.39, 0.29) is 5.91 Å². The first-order valence-corrected chi connectivity index (χ1v) is 7.29. The Morgan fingerprint density at radius 2 is 2.06 bits per heavy atom. The number of thiazole rings is 1. The summed E-state index contributed by atoms with van der Waals surface area (Å²) in [5, 5.41) is 3.10. The van der Waals surface area contributed by atoms with Gasteiger partial charge in [0.2, 0.25) is 0 Å². The van der Waals surface area contributed by atoms with Crippen molar-refractivity contribution in [2.45, 2.75) is 44.6 Å². The normalized spacial score (nSPS) is 18.1. The molecule has 0 bridgehead atoms. The van der Waals surface area contributed by atoms with E-state index in [9.17, 15) is 4.79 Å². The number of nitrogens with one attached hydrogen (secondary N) is 1. The molecule has 0 aromatic carbocycles. The van der Waals surface area contributed by atoms with E-state index in [0.29, 0.717) is 10.9 Å². The zero-order chi connectivity index (χ0) is 11.4. The molecule has 0 aliphatic heterocycles. The van der Waals surface area contributed by atoms with Crippen LogP contribution in [0.25, 0.3) is 0 Å². The van der Waals surface area contributed by atoms with Crippen molar-refractivity contribution in [3.05, 3.63) is 15.0 Å². The molecule has 16 heavy (non-hydrogen) atoms. The maximum Gasteiger partial charge on any atom is 0.263 e.